The first-order valence-electron chi connectivity index (χ1n) is 5.66. The molecule has 0 aliphatic heterocycles. The van der Waals surface area contributed by atoms with Gasteiger partial charge in [0.25, 0.3) is 0 Å². The average molecular weight is 228 g/mol. The Balaban J connectivity index is 0.00000106. The van der Waals surface area contributed by atoms with Crippen LogP contribution < -0.4 is 4.74 Å². The summed E-state index contributed by atoms with van der Waals surface area (Å²) in [5.41, 5.74) is 1.20. The molecule has 16 heavy (non-hydrogen) atoms. The zero-order chi connectivity index (χ0) is 12.2. The summed E-state index contributed by atoms with van der Waals surface area (Å²) in [6.07, 6.45) is 0. The van der Waals surface area contributed by atoms with Gasteiger partial charge in [-0.05, 0) is 19.1 Å². The zero-order valence-electron chi connectivity index (χ0n) is 10.3. The molecular weight excluding hydrogens is 207 g/mol. The van der Waals surface area contributed by atoms with Crippen molar-refractivity contribution in [3.63, 3.8) is 0 Å². The predicted octanol–water partition coefficient (Wildman–Crippen LogP) is 3.39. The SMILES string of the molecule is CC.Cc1ccc(OCCOCCF)cc1. The van der Waals surface area contributed by atoms with Crippen molar-refractivity contribution in [3.05, 3.63) is 29.8 Å². The first-order chi connectivity index (χ1) is 7.83. The molecule has 0 N–H and O–H groups in total. The maximum absolute atomic E-state index is 11.6. The second kappa shape index (κ2) is 10.4. The van der Waals surface area contributed by atoms with Crippen LogP contribution in [0, 0.1) is 6.92 Å². The molecule has 92 valence electrons. The van der Waals surface area contributed by atoms with Crippen LogP contribution in [0.3, 0.4) is 0 Å². The van der Waals surface area contributed by atoms with E-state index < -0.39 is 6.67 Å². The Kier molecular flexibility index (Phi) is 9.72. The normalized spacial score (nSPS) is 9.25. The first-order valence-corrected chi connectivity index (χ1v) is 5.66. The number of aryl methyl sites for hydroxylation is 1. The van der Waals surface area contributed by atoms with Gasteiger partial charge >= 0.3 is 0 Å². The smallest absolute Gasteiger partial charge is 0.119 e. The minimum atomic E-state index is -0.440. The number of rotatable bonds is 6. The summed E-state index contributed by atoms with van der Waals surface area (Å²) < 4.78 is 21.9. The van der Waals surface area contributed by atoms with E-state index in [-0.39, 0.29) is 6.61 Å². The van der Waals surface area contributed by atoms with Crippen LogP contribution in [-0.2, 0) is 4.74 Å². The van der Waals surface area contributed by atoms with Crippen molar-refractivity contribution >= 4 is 0 Å². The molecule has 3 heteroatoms. The Labute approximate surface area is 97.4 Å². The molecule has 0 radical (unpaired) electrons. The van der Waals surface area contributed by atoms with Gasteiger partial charge in [-0.15, -0.1) is 0 Å². The van der Waals surface area contributed by atoms with Gasteiger partial charge in [0.15, 0.2) is 0 Å². The Morgan fingerprint density at radius 2 is 1.62 bits per heavy atom. The van der Waals surface area contributed by atoms with E-state index in [4.69, 9.17) is 9.47 Å². The molecule has 0 aliphatic rings. The maximum atomic E-state index is 11.6. The van der Waals surface area contributed by atoms with Gasteiger partial charge in [0.2, 0.25) is 0 Å². The third-order valence-corrected chi connectivity index (χ3v) is 1.74. The molecular formula is C13H21FO2. The summed E-state index contributed by atoms with van der Waals surface area (Å²) in [6.45, 7) is 6.62. The highest BCUT2D eigenvalue weighted by molar-refractivity contribution is 5.26. The van der Waals surface area contributed by atoms with Crippen LogP contribution in [0.4, 0.5) is 4.39 Å². The monoisotopic (exact) mass is 228 g/mol. The summed E-state index contributed by atoms with van der Waals surface area (Å²) in [5.74, 6) is 0.819. The number of hydrogen-bond acceptors (Lipinski definition) is 2. The lowest BCUT2D eigenvalue weighted by Gasteiger charge is -2.06. The van der Waals surface area contributed by atoms with Crippen molar-refractivity contribution < 1.29 is 13.9 Å². The molecule has 2 nitrogen and oxygen atoms in total. The van der Waals surface area contributed by atoms with Crippen molar-refractivity contribution in [2.45, 2.75) is 20.8 Å². The highest BCUT2D eigenvalue weighted by Crippen LogP contribution is 2.10. The Morgan fingerprint density at radius 1 is 1.00 bits per heavy atom. The fourth-order valence-corrected chi connectivity index (χ4v) is 1.01. The summed E-state index contributed by atoms with van der Waals surface area (Å²) in [5, 5.41) is 0. The second-order valence-corrected chi connectivity index (χ2v) is 2.96. The Hall–Kier alpha value is -1.09. The van der Waals surface area contributed by atoms with E-state index in [1.54, 1.807) is 0 Å². The zero-order valence-corrected chi connectivity index (χ0v) is 10.3. The predicted molar refractivity (Wildman–Crippen MR) is 64.8 cm³/mol. The quantitative estimate of drug-likeness (QED) is 0.695. The third-order valence-electron chi connectivity index (χ3n) is 1.74. The van der Waals surface area contributed by atoms with E-state index in [1.165, 1.54) is 5.56 Å². The molecule has 0 amide bonds. The summed E-state index contributed by atoms with van der Waals surface area (Å²) in [4.78, 5) is 0. The number of alkyl halides is 1. The lowest BCUT2D eigenvalue weighted by molar-refractivity contribution is 0.0897. The molecule has 1 aromatic carbocycles. The Bertz CT molecular complexity index is 247. The number of halogens is 1. The van der Waals surface area contributed by atoms with E-state index >= 15 is 0 Å². The van der Waals surface area contributed by atoms with Gasteiger partial charge < -0.3 is 9.47 Å². The maximum Gasteiger partial charge on any atom is 0.119 e. The molecule has 1 rings (SSSR count). The minimum Gasteiger partial charge on any atom is -0.491 e. The summed E-state index contributed by atoms with van der Waals surface area (Å²) in [7, 11) is 0. The standard InChI is InChI=1S/C11H15FO2.C2H6/c1-10-2-4-11(5-3-10)14-9-8-13-7-6-12;1-2/h2-5H,6-9H2,1H3;1-2H3. The molecule has 0 heterocycles. The molecule has 0 unspecified atom stereocenters. The molecule has 0 atom stereocenters. The lowest BCUT2D eigenvalue weighted by Crippen LogP contribution is -2.08. The molecule has 0 saturated heterocycles. The van der Waals surface area contributed by atoms with Crippen LogP contribution in [0.5, 0.6) is 5.75 Å². The van der Waals surface area contributed by atoms with E-state index in [0.717, 1.165) is 5.75 Å². The van der Waals surface area contributed by atoms with Crippen molar-refractivity contribution in [1.29, 1.82) is 0 Å². The topological polar surface area (TPSA) is 18.5 Å². The lowest BCUT2D eigenvalue weighted by atomic mass is 10.2. The Morgan fingerprint density at radius 3 is 2.19 bits per heavy atom. The van der Waals surface area contributed by atoms with Crippen molar-refractivity contribution in [1.82, 2.24) is 0 Å². The summed E-state index contributed by atoms with van der Waals surface area (Å²) >= 11 is 0. The van der Waals surface area contributed by atoms with Gasteiger partial charge in [0, 0.05) is 0 Å². The van der Waals surface area contributed by atoms with E-state index in [2.05, 4.69) is 0 Å². The van der Waals surface area contributed by atoms with Crippen molar-refractivity contribution in [3.8, 4) is 5.75 Å². The van der Waals surface area contributed by atoms with Crippen LogP contribution in [0.25, 0.3) is 0 Å². The number of benzene rings is 1. The van der Waals surface area contributed by atoms with Gasteiger partial charge in [-0.2, -0.15) is 0 Å². The van der Waals surface area contributed by atoms with Crippen LogP contribution in [-0.4, -0.2) is 26.5 Å². The van der Waals surface area contributed by atoms with E-state index in [9.17, 15) is 4.39 Å². The fraction of sp³-hybridized carbons (Fsp3) is 0.538. The average Bonchev–Trinajstić information content (AvgIpc) is 2.34. The van der Waals surface area contributed by atoms with Gasteiger partial charge in [0.1, 0.15) is 19.0 Å². The molecule has 0 aromatic heterocycles. The van der Waals surface area contributed by atoms with Crippen LogP contribution in [0.2, 0.25) is 0 Å². The van der Waals surface area contributed by atoms with Crippen LogP contribution in [0.1, 0.15) is 19.4 Å². The third kappa shape index (κ3) is 7.23. The molecule has 0 saturated carbocycles. The highest BCUT2D eigenvalue weighted by Gasteiger charge is 1.92. The van der Waals surface area contributed by atoms with E-state index in [0.29, 0.717) is 13.2 Å². The van der Waals surface area contributed by atoms with Gasteiger partial charge in [0.05, 0.1) is 13.2 Å². The first kappa shape index (κ1) is 14.9. The molecule has 0 fully saturated rings. The molecule has 1 aromatic rings. The largest absolute Gasteiger partial charge is 0.491 e. The number of hydrogen-bond donors (Lipinski definition) is 0. The van der Waals surface area contributed by atoms with Gasteiger partial charge in [-0.3, -0.25) is 0 Å². The molecule has 0 aliphatic carbocycles. The van der Waals surface area contributed by atoms with Crippen molar-refractivity contribution in [2.75, 3.05) is 26.5 Å². The van der Waals surface area contributed by atoms with E-state index in [1.807, 2.05) is 45.0 Å². The molecule has 0 spiro atoms. The summed E-state index contributed by atoms with van der Waals surface area (Å²) in [6, 6.07) is 7.78. The van der Waals surface area contributed by atoms with Crippen LogP contribution >= 0.6 is 0 Å². The highest BCUT2D eigenvalue weighted by atomic mass is 19.1. The van der Waals surface area contributed by atoms with Gasteiger partial charge in [-0.25, -0.2) is 4.39 Å². The minimum absolute atomic E-state index is 0.150. The number of ether oxygens (including phenoxy) is 2. The molecule has 0 bridgehead atoms. The van der Waals surface area contributed by atoms with Crippen LogP contribution in [0.15, 0.2) is 24.3 Å². The van der Waals surface area contributed by atoms with Crippen molar-refractivity contribution in [2.24, 2.45) is 0 Å². The fourth-order valence-electron chi connectivity index (χ4n) is 1.01. The second-order valence-electron chi connectivity index (χ2n) is 2.96. The van der Waals surface area contributed by atoms with Gasteiger partial charge in [-0.1, -0.05) is 31.5 Å².